The SMILES string of the molecule is CC1CC(C)CN(C(=O)c2nc3c(o2)CCN(C(=O)c2ccccc2F)C3)C1. The van der Waals surface area contributed by atoms with Crippen molar-refractivity contribution in [3.8, 4) is 0 Å². The Morgan fingerprint density at radius 1 is 1.11 bits per heavy atom. The first kappa shape index (κ1) is 18.7. The Bertz CT molecular complexity index is 900. The van der Waals surface area contributed by atoms with Crippen molar-refractivity contribution < 1.29 is 18.4 Å². The summed E-state index contributed by atoms with van der Waals surface area (Å²) in [5, 5.41) is 0. The maximum Gasteiger partial charge on any atom is 0.309 e. The van der Waals surface area contributed by atoms with Crippen LogP contribution in [0.5, 0.6) is 0 Å². The van der Waals surface area contributed by atoms with Crippen LogP contribution in [0, 0.1) is 17.7 Å². The highest BCUT2D eigenvalue weighted by molar-refractivity contribution is 5.94. The fraction of sp³-hybridized carbons (Fsp3) is 0.476. The van der Waals surface area contributed by atoms with Gasteiger partial charge in [0, 0.05) is 26.1 Å². The van der Waals surface area contributed by atoms with E-state index in [9.17, 15) is 14.0 Å². The van der Waals surface area contributed by atoms with Crippen LogP contribution in [0.3, 0.4) is 0 Å². The van der Waals surface area contributed by atoms with Crippen LogP contribution in [0.2, 0.25) is 0 Å². The van der Waals surface area contributed by atoms with Crippen LogP contribution in [-0.4, -0.2) is 46.2 Å². The number of amides is 2. The zero-order valence-electron chi connectivity index (χ0n) is 16.2. The number of hydrogen-bond acceptors (Lipinski definition) is 4. The van der Waals surface area contributed by atoms with Crippen molar-refractivity contribution in [1.82, 2.24) is 14.8 Å². The zero-order valence-corrected chi connectivity index (χ0v) is 16.2. The molecule has 28 heavy (non-hydrogen) atoms. The number of nitrogens with zero attached hydrogens (tertiary/aromatic N) is 3. The fourth-order valence-corrected chi connectivity index (χ4v) is 4.23. The number of carbonyl (C=O) groups excluding carboxylic acids is 2. The smallest absolute Gasteiger partial charge is 0.309 e. The number of halogens is 1. The minimum Gasteiger partial charge on any atom is -0.437 e. The predicted octanol–water partition coefficient (Wildman–Crippen LogP) is 3.13. The van der Waals surface area contributed by atoms with Crippen molar-refractivity contribution in [2.45, 2.75) is 33.2 Å². The topological polar surface area (TPSA) is 66.7 Å². The molecule has 2 unspecified atom stereocenters. The first-order valence-corrected chi connectivity index (χ1v) is 9.74. The molecule has 1 aromatic heterocycles. The molecule has 1 saturated heterocycles. The van der Waals surface area contributed by atoms with Gasteiger partial charge in [0.05, 0.1) is 12.1 Å². The molecule has 0 N–H and O–H groups in total. The zero-order chi connectivity index (χ0) is 19.8. The van der Waals surface area contributed by atoms with E-state index >= 15 is 0 Å². The second-order valence-electron chi connectivity index (χ2n) is 8.00. The number of oxazole rings is 1. The summed E-state index contributed by atoms with van der Waals surface area (Å²) in [7, 11) is 0. The molecular formula is C21H24FN3O3. The molecule has 2 atom stereocenters. The van der Waals surface area contributed by atoms with Crippen LogP contribution in [-0.2, 0) is 13.0 Å². The predicted molar refractivity (Wildman–Crippen MR) is 100 cm³/mol. The third-order valence-corrected chi connectivity index (χ3v) is 5.46. The Labute approximate surface area is 163 Å². The first-order valence-electron chi connectivity index (χ1n) is 9.74. The Morgan fingerprint density at radius 2 is 1.82 bits per heavy atom. The molecule has 0 spiro atoms. The van der Waals surface area contributed by atoms with Crippen molar-refractivity contribution in [2.24, 2.45) is 11.8 Å². The number of piperidine rings is 1. The lowest BCUT2D eigenvalue weighted by Gasteiger charge is -2.34. The van der Waals surface area contributed by atoms with E-state index in [1.807, 2.05) is 0 Å². The number of rotatable bonds is 2. The Morgan fingerprint density at radius 3 is 2.54 bits per heavy atom. The standard InChI is InChI=1S/C21H24FN3O3/c1-13-9-14(2)11-25(10-13)21(27)19-23-17-12-24(8-7-18(17)28-19)20(26)15-5-3-4-6-16(15)22/h3-6,13-14H,7-12H2,1-2H3. The molecule has 0 radical (unpaired) electrons. The third kappa shape index (κ3) is 3.53. The molecule has 4 rings (SSSR count). The molecule has 2 aliphatic rings. The monoisotopic (exact) mass is 385 g/mol. The molecule has 7 heteroatoms. The van der Waals surface area contributed by atoms with Gasteiger partial charge in [-0.15, -0.1) is 0 Å². The van der Waals surface area contributed by atoms with E-state index in [4.69, 9.17) is 4.42 Å². The number of benzene rings is 1. The molecule has 1 aromatic carbocycles. The highest BCUT2D eigenvalue weighted by atomic mass is 19.1. The number of fused-ring (bicyclic) bond motifs is 1. The van der Waals surface area contributed by atoms with Gasteiger partial charge in [-0.05, 0) is 30.4 Å². The molecule has 1 fully saturated rings. The van der Waals surface area contributed by atoms with Gasteiger partial charge in [-0.3, -0.25) is 9.59 Å². The number of carbonyl (C=O) groups is 2. The minimum absolute atomic E-state index is 0.0436. The molecule has 0 saturated carbocycles. The highest BCUT2D eigenvalue weighted by Gasteiger charge is 2.32. The van der Waals surface area contributed by atoms with Gasteiger partial charge in [-0.1, -0.05) is 26.0 Å². The van der Waals surface area contributed by atoms with Gasteiger partial charge >= 0.3 is 5.91 Å². The summed E-state index contributed by atoms with van der Waals surface area (Å²) in [6.45, 7) is 6.31. The van der Waals surface area contributed by atoms with Gasteiger partial charge in [0.1, 0.15) is 17.3 Å². The van der Waals surface area contributed by atoms with Crippen LogP contribution in [0.1, 0.15) is 52.8 Å². The first-order chi connectivity index (χ1) is 13.4. The van der Waals surface area contributed by atoms with Gasteiger partial charge in [0.25, 0.3) is 11.8 Å². The van der Waals surface area contributed by atoms with Crippen LogP contribution in [0.25, 0.3) is 0 Å². The Kier molecular flexibility index (Phi) is 4.91. The van der Waals surface area contributed by atoms with E-state index in [-0.39, 0.29) is 29.8 Å². The largest absolute Gasteiger partial charge is 0.437 e. The van der Waals surface area contributed by atoms with E-state index in [1.165, 1.54) is 12.1 Å². The van der Waals surface area contributed by atoms with E-state index in [0.717, 1.165) is 6.42 Å². The number of hydrogen-bond donors (Lipinski definition) is 0. The molecule has 0 aliphatic carbocycles. The fourth-order valence-electron chi connectivity index (χ4n) is 4.23. The normalized spacial score (nSPS) is 22.1. The molecule has 2 aromatic rings. The lowest BCUT2D eigenvalue weighted by atomic mass is 9.92. The van der Waals surface area contributed by atoms with Gasteiger partial charge in [-0.25, -0.2) is 9.37 Å². The summed E-state index contributed by atoms with van der Waals surface area (Å²) in [6, 6.07) is 5.94. The second-order valence-corrected chi connectivity index (χ2v) is 8.00. The van der Waals surface area contributed by atoms with Crippen molar-refractivity contribution in [2.75, 3.05) is 19.6 Å². The van der Waals surface area contributed by atoms with Crippen molar-refractivity contribution in [3.05, 3.63) is 53.0 Å². The average Bonchev–Trinajstić information content (AvgIpc) is 3.09. The average molecular weight is 385 g/mol. The summed E-state index contributed by atoms with van der Waals surface area (Å²) >= 11 is 0. The lowest BCUT2D eigenvalue weighted by Crippen LogP contribution is -2.42. The third-order valence-electron chi connectivity index (χ3n) is 5.46. The summed E-state index contributed by atoms with van der Waals surface area (Å²) in [4.78, 5) is 33.2. The van der Waals surface area contributed by atoms with Crippen LogP contribution >= 0.6 is 0 Å². The summed E-state index contributed by atoms with van der Waals surface area (Å²) < 4.78 is 19.7. The maximum atomic E-state index is 13.9. The van der Waals surface area contributed by atoms with E-state index in [1.54, 1.807) is 21.9 Å². The van der Waals surface area contributed by atoms with Gasteiger partial charge in [0.2, 0.25) is 0 Å². The number of aromatic nitrogens is 1. The molecular weight excluding hydrogens is 361 g/mol. The van der Waals surface area contributed by atoms with Crippen LogP contribution < -0.4 is 0 Å². The van der Waals surface area contributed by atoms with Crippen molar-refractivity contribution in [3.63, 3.8) is 0 Å². The molecule has 6 nitrogen and oxygen atoms in total. The van der Waals surface area contributed by atoms with Gasteiger partial charge in [0.15, 0.2) is 0 Å². The lowest BCUT2D eigenvalue weighted by molar-refractivity contribution is 0.0580. The van der Waals surface area contributed by atoms with Gasteiger partial charge in [-0.2, -0.15) is 0 Å². The molecule has 0 bridgehead atoms. The van der Waals surface area contributed by atoms with Crippen LogP contribution in [0.15, 0.2) is 28.7 Å². The molecule has 2 aliphatic heterocycles. The van der Waals surface area contributed by atoms with E-state index < -0.39 is 5.82 Å². The van der Waals surface area contributed by atoms with E-state index in [0.29, 0.717) is 49.3 Å². The maximum absolute atomic E-state index is 13.9. The molecule has 2 amide bonds. The number of likely N-dealkylation sites (tertiary alicyclic amines) is 1. The van der Waals surface area contributed by atoms with Gasteiger partial charge < -0.3 is 14.2 Å². The van der Waals surface area contributed by atoms with Crippen molar-refractivity contribution >= 4 is 11.8 Å². The highest BCUT2D eigenvalue weighted by Crippen LogP contribution is 2.25. The Hall–Kier alpha value is -2.70. The Balaban J connectivity index is 1.50. The quantitative estimate of drug-likeness (QED) is 0.797. The van der Waals surface area contributed by atoms with E-state index in [2.05, 4.69) is 18.8 Å². The van der Waals surface area contributed by atoms with Crippen LogP contribution in [0.4, 0.5) is 4.39 Å². The van der Waals surface area contributed by atoms with Crippen molar-refractivity contribution in [1.29, 1.82) is 0 Å². The summed E-state index contributed by atoms with van der Waals surface area (Å²) in [6.07, 6.45) is 1.57. The summed E-state index contributed by atoms with van der Waals surface area (Å²) in [5.41, 5.74) is 0.624. The minimum atomic E-state index is -0.539. The molecule has 3 heterocycles. The second kappa shape index (κ2) is 7.37. The summed E-state index contributed by atoms with van der Waals surface area (Å²) in [5.74, 6) is 0.517. The molecule has 148 valence electrons.